The predicted molar refractivity (Wildman–Crippen MR) is 111 cm³/mol. The van der Waals surface area contributed by atoms with E-state index in [0.29, 0.717) is 6.54 Å². The van der Waals surface area contributed by atoms with E-state index in [0.717, 1.165) is 38.9 Å². The van der Waals surface area contributed by atoms with Gasteiger partial charge < -0.3 is 10.6 Å². The lowest BCUT2D eigenvalue weighted by molar-refractivity contribution is 0.186. The fourth-order valence-electron chi connectivity index (χ4n) is 3.75. The second-order valence-corrected chi connectivity index (χ2v) is 7.62. The minimum absolute atomic E-state index is 0.0405. The van der Waals surface area contributed by atoms with Crippen LogP contribution in [0.2, 0.25) is 0 Å². The first-order valence-corrected chi connectivity index (χ1v) is 9.97. The van der Waals surface area contributed by atoms with Crippen LogP contribution in [0.25, 0.3) is 0 Å². The molecule has 1 fully saturated rings. The summed E-state index contributed by atoms with van der Waals surface area (Å²) >= 11 is 0. The zero-order chi connectivity index (χ0) is 19.1. The summed E-state index contributed by atoms with van der Waals surface area (Å²) in [6.45, 7) is 7.96. The summed E-state index contributed by atoms with van der Waals surface area (Å²) < 4.78 is 0. The molecular weight excluding hydrogens is 334 g/mol. The molecule has 0 radical (unpaired) electrons. The molecule has 2 N–H and O–H groups in total. The van der Waals surface area contributed by atoms with Crippen LogP contribution >= 0.6 is 0 Å². The number of carbonyl (C=O) groups excluding carboxylic acids is 1. The average molecular weight is 366 g/mol. The molecule has 0 aromatic heterocycles. The van der Waals surface area contributed by atoms with Gasteiger partial charge in [0.2, 0.25) is 0 Å². The van der Waals surface area contributed by atoms with E-state index in [9.17, 15) is 4.79 Å². The quantitative estimate of drug-likeness (QED) is 0.818. The predicted octanol–water partition coefficient (Wildman–Crippen LogP) is 3.81. The Balaban J connectivity index is 1.34. The minimum Gasteiger partial charge on any atom is -0.338 e. The lowest BCUT2D eigenvalue weighted by Gasteiger charge is -2.32. The molecule has 1 saturated heterocycles. The van der Waals surface area contributed by atoms with Crippen molar-refractivity contribution in [3.05, 3.63) is 70.8 Å². The van der Waals surface area contributed by atoms with Gasteiger partial charge in [0.25, 0.3) is 0 Å². The van der Waals surface area contributed by atoms with Crippen molar-refractivity contribution in [2.45, 2.75) is 45.7 Å². The molecule has 2 aromatic rings. The van der Waals surface area contributed by atoms with Gasteiger partial charge >= 0.3 is 6.03 Å². The van der Waals surface area contributed by atoms with Crippen LogP contribution in [0.1, 0.15) is 35.1 Å². The lowest BCUT2D eigenvalue weighted by Crippen LogP contribution is -2.48. The van der Waals surface area contributed by atoms with E-state index < -0.39 is 0 Å². The molecule has 0 spiro atoms. The number of hydrogen-bond acceptors (Lipinski definition) is 2. The zero-order valence-corrected chi connectivity index (χ0v) is 16.5. The number of likely N-dealkylation sites (tertiary alicyclic amines) is 1. The number of amides is 2. The molecule has 2 amide bonds. The van der Waals surface area contributed by atoms with Gasteiger partial charge in [0.05, 0.1) is 0 Å². The van der Waals surface area contributed by atoms with Crippen LogP contribution in [0.15, 0.2) is 48.5 Å². The molecule has 27 heavy (non-hydrogen) atoms. The smallest absolute Gasteiger partial charge is 0.315 e. The molecular formula is C23H31N3O. The SMILES string of the molecule is Cc1ccc(CCNC(=O)NC2CCN(Cc3ccccc3)CC2)c(C)c1. The maximum Gasteiger partial charge on any atom is 0.315 e. The van der Waals surface area contributed by atoms with Crippen molar-refractivity contribution in [3.8, 4) is 0 Å². The second kappa shape index (κ2) is 9.56. The summed E-state index contributed by atoms with van der Waals surface area (Å²) in [5, 5.41) is 6.14. The minimum atomic E-state index is -0.0405. The highest BCUT2D eigenvalue weighted by molar-refractivity contribution is 5.74. The fraction of sp³-hybridized carbons (Fsp3) is 0.435. The van der Waals surface area contributed by atoms with Gasteiger partial charge in [-0.1, -0.05) is 54.1 Å². The van der Waals surface area contributed by atoms with E-state index >= 15 is 0 Å². The maximum absolute atomic E-state index is 12.2. The van der Waals surface area contributed by atoms with Crippen LogP contribution in [0.5, 0.6) is 0 Å². The molecule has 1 aliphatic heterocycles. The molecule has 0 atom stereocenters. The number of aryl methyl sites for hydroxylation is 2. The Labute approximate surface area is 163 Å². The molecule has 0 bridgehead atoms. The number of hydrogen-bond donors (Lipinski definition) is 2. The highest BCUT2D eigenvalue weighted by Crippen LogP contribution is 2.14. The third kappa shape index (κ3) is 6.10. The zero-order valence-electron chi connectivity index (χ0n) is 16.5. The monoisotopic (exact) mass is 365 g/mol. The van der Waals surface area contributed by atoms with Crippen molar-refractivity contribution in [2.75, 3.05) is 19.6 Å². The first-order chi connectivity index (χ1) is 13.1. The van der Waals surface area contributed by atoms with Crippen molar-refractivity contribution < 1.29 is 4.79 Å². The average Bonchev–Trinajstić information content (AvgIpc) is 2.66. The molecule has 4 nitrogen and oxygen atoms in total. The van der Waals surface area contributed by atoms with Gasteiger partial charge in [0, 0.05) is 32.2 Å². The normalized spacial score (nSPS) is 15.5. The van der Waals surface area contributed by atoms with Crippen molar-refractivity contribution in [1.29, 1.82) is 0 Å². The van der Waals surface area contributed by atoms with Crippen LogP contribution < -0.4 is 10.6 Å². The maximum atomic E-state index is 12.2. The van der Waals surface area contributed by atoms with Gasteiger partial charge in [-0.2, -0.15) is 0 Å². The van der Waals surface area contributed by atoms with Gasteiger partial charge in [-0.15, -0.1) is 0 Å². The summed E-state index contributed by atoms with van der Waals surface area (Å²) in [5.74, 6) is 0. The summed E-state index contributed by atoms with van der Waals surface area (Å²) in [5.41, 5.74) is 5.23. The Morgan fingerprint density at radius 1 is 1.07 bits per heavy atom. The van der Waals surface area contributed by atoms with E-state index in [1.54, 1.807) is 0 Å². The van der Waals surface area contributed by atoms with E-state index in [1.807, 2.05) is 0 Å². The Morgan fingerprint density at radius 2 is 1.81 bits per heavy atom. The largest absolute Gasteiger partial charge is 0.338 e. The summed E-state index contributed by atoms with van der Waals surface area (Å²) in [4.78, 5) is 14.6. The highest BCUT2D eigenvalue weighted by atomic mass is 16.2. The lowest BCUT2D eigenvalue weighted by atomic mass is 10.0. The van der Waals surface area contributed by atoms with Crippen LogP contribution in [0.3, 0.4) is 0 Å². The number of carbonyl (C=O) groups is 1. The van der Waals surface area contributed by atoms with Crippen LogP contribution in [0, 0.1) is 13.8 Å². The Bertz CT molecular complexity index is 737. The molecule has 3 rings (SSSR count). The van der Waals surface area contributed by atoms with Crippen molar-refractivity contribution >= 4 is 6.03 Å². The molecule has 0 aliphatic carbocycles. The standard InChI is InChI=1S/C23H31N3O/c1-18-8-9-21(19(2)16-18)10-13-24-23(27)25-22-11-14-26(15-12-22)17-20-6-4-3-5-7-20/h3-9,16,22H,10-15,17H2,1-2H3,(H2,24,25,27). The highest BCUT2D eigenvalue weighted by Gasteiger charge is 2.20. The number of urea groups is 1. The third-order valence-corrected chi connectivity index (χ3v) is 5.35. The van der Waals surface area contributed by atoms with Crippen molar-refractivity contribution in [2.24, 2.45) is 0 Å². The number of piperidine rings is 1. The van der Waals surface area contributed by atoms with Gasteiger partial charge in [-0.25, -0.2) is 4.79 Å². The Hall–Kier alpha value is -2.33. The first kappa shape index (κ1) is 19.4. The Kier molecular flexibility index (Phi) is 6.88. The van der Waals surface area contributed by atoms with Crippen LogP contribution in [-0.4, -0.2) is 36.6 Å². The number of nitrogens with zero attached hydrogens (tertiary/aromatic N) is 1. The second-order valence-electron chi connectivity index (χ2n) is 7.62. The van der Waals surface area contributed by atoms with E-state index in [2.05, 4.69) is 77.9 Å². The molecule has 144 valence electrons. The first-order valence-electron chi connectivity index (χ1n) is 9.97. The van der Waals surface area contributed by atoms with Gasteiger partial charge in [0.15, 0.2) is 0 Å². The fourth-order valence-corrected chi connectivity index (χ4v) is 3.75. The molecule has 1 aliphatic rings. The number of rotatable bonds is 6. The molecule has 2 aromatic carbocycles. The van der Waals surface area contributed by atoms with Gasteiger partial charge in [-0.05, 0) is 49.8 Å². The van der Waals surface area contributed by atoms with E-state index in [-0.39, 0.29) is 12.1 Å². The molecule has 0 unspecified atom stereocenters. The van der Waals surface area contributed by atoms with E-state index in [4.69, 9.17) is 0 Å². The number of nitrogens with one attached hydrogen (secondary N) is 2. The molecule has 0 saturated carbocycles. The summed E-state index contributed by atoms with van der Waals surface area (Å²) in [6, 6.07) is 17.3. The Morgan fingerprint density at radius 3 is 2.52 bits per heavy atom. The van der Waals surface area contributed by atoms with Gasteiger partial charge in [0.1, 0.15) is 0 Å². The topological polar surface area (TPSA) is 44.4 Å². The van der Waals surface area contributed by atoms with Gasteiger partial charge in [-0.3, -0.25) is 4.90 Å². The van der Waals surface area contributed by atoms with Crippen molar-refractivity contribution in [1.82, 2.24) is 15.5 Å². The molecule has 1 heterocycles. The summed E-state index contributed by atoms with van der Waals surface area (Å²) in [6.07, 6.45) is 2.89. The third-order valence-electron chi connectivity index (χ3n) is 5.35. The molecule has 4 heteroatoms. The summed E-state index contributed by atoms with van der Waals surface area (Å²) in [7, 11) is 0. The van der Waals surface area contributed by atoms with Crippen LogP contribution in [0.4, 0.5) is 4.79 Å². The van der Waals surface area contributed by atoms with Crippen molar-refractivity contribution in [3.63, 3.8) is 0 Å². The number of benzene rings is 2. The van der Waals surface area contributed by atoms with Crippen LogP contribution in [-0.2, 0) is 13.0 Å². The van der Waals surface area contributed by atoms with E-state index in [1.165, 1.54) is 22.3 Å².